The fraction of sp³-hybridized carbons (Fsp3) is 0.119. The van der Waals surface area contributed by atoms with Crippen LogP contribution < -0.4 is 21.0 Å². The maximum atomic E-state index is 13.8. The van der Waals surface area contributed by atoms with Crippen molar-refractivity contribution in [1.29, 1.82) is 0 Å². The Morgan fingerprint density at radius 3 is 2.08 bits per heavy atom. The van der Waals surface area contributed by atoms with Crippen molar-refractivity contribution in [2.75, 3.05) is 10.3 Å². The van der Waals surface area contributed by atoms with Gasteiger partial charge in [0.05, 0.1) is 12.1 Å². The molecule has 10 heteroatoms. The minimum Gasteiger partial charge on any atom is -0.321 e. The lowest BCUT2D eigenvalue weighted by Gasteiger charge is -2.17. The van der Waals surface area contributed by atoms with Crippen LogP contribution in [0.4, 0.5) is 11.4 Å². The normalized spacial score (nSPS) is 13.4. The molecule has 0 saturated heterocycles. The van der Waals surface area contributed by atoms with Gasteiger partial charge in [0.25, 0.3) is 17.7 Å². The number of nitrogens with zero attached hydrogens (tertiary/aromatic N) is 2. The Hall–Kier alpha value is -6.26. The van der Waals surface area contributed by atoms with Crippen LogP contribution in [-0.4, -0.2) is 29.5 Å². The maximum absolute atomic E-state index is 13.8. The van der Waals surface area contributed by atoms with Crippen LogP contribution in [-0.2, 0) is 14.4 Å². The molecule has 0 radical (unpaired) electrons. The molecule has 9 nitrogen and oxygen atoms in total. The molecular weight excluding hydrogens is 671 g/mol. The van der Waals surface area contributed by atoms with Crippen LogP contribution in [0.3, 0.4) is 0 Å². The van der Waals surface area contributed by atoms with Crippen LogP contribution in [0.15, 0.2) is 155 Å². The van der Waals surface area contributed by atoms with Gasteiger partial charge >= 0.3 is 0 Å². The first kappa shape index (κ1) is 35.6. The lowest BCUT2D eigenvalue weighted by Crippen LogP contribution is -2.33. The van der Waals surface area contributed by atoms with Crippen molar-refractivity contribution in [1.82, 2.24) is 10.6 Å². The van der Waals surface area contributed by atoms with Gasteiger partial charge in [0, 0.05) is 16.1 Å². The van der Waals surface area contributed by atoms with E-state index in [1.165, 1.54) is 16.8 Å². The molecule has 260 valence electrons. The first-order valence-corrected chi connectivity index (χ1v) is 17.7. The van der Waals surface area contributed by atoms with E-state index < -0.39 is 17.1 Å². The summed E-state index contributed by atoms with van der Waals surface area (Å²) in [6.07, 6.45) is 1.61. The first-order valence-electron chi connectivity index (χ1n) is 16.8. The second kappa shape index (κ2) is 16.6. The number of amides is 4. The molecule has 1 heterocycles. The highest BCUT2D eigenvalue weighted by atomic mass is 32.2. The lowest BCUT2D eigenvalue weighted by atomic mass is 10.0. The molecule has 0 bridgehead atoms. The number of rotatable bonds is 11. The zero-order valence-electron chi connectivity index (χ0n) is 28.7. The molecule has 0 aromatic heterocycles. The Kier molecular flexibility index (Phi) is 11.4. The highest BCUT2D eigenvalue weighted by Crippen LogP contribution is 2.37. The zero-order chi connectivity index (χ0) is 36.5. The molecule has 1 aliphatic heterocycles. The van der Waals surface area contributed by atoms with Crippen molar-refractivity contribution < 1.29 is 19.2 Å². The monoisotopic (exact) mass is 707 g/mol. The fourth-order valence-corrected chi connectivity index (χ4v) is 6.53. The van der Waals surface area contributed by atoms with Crippen LogP contribution in [0.1, 0.15) is 58.5 Å². The quantitative estimate of drug-likeness (QED) is 0.0952. The number of hydrogen-bond acceptors (Lipinski definition) is 6. The van der Waals surface area contributed by atoms with Gasteiger partial charge in [0.15, 0.2) is 0 Å². The predicted molar refractivity (Wildman–Crippen MR) is 207 cm³/mol. The van der Waals surface area contributed by atoms with Crippen LogP contribution >= 0.6 is 11.8 Å². The summed E-state index contributed by atoms with van der Waals surface area (Å²) >= 11 is 1.29. The summed E-state index contributed by atoms with van der Waals surface area (Å²) in [5.41, 5.74) is 4.24. The number of hydrogen-bond donors (Lipinski definition) is 3. The van der Waals surface area contributed by atoms with E-state index in [4.69, 9.17) is 0 Å². The van der Waals surface area contributed by atoms with Gasteiger partial charge in [-0.15, -0.1) is 11.8 Å². The van der Waals surface area contributed by atoms with Crippen LogP contribution in [0.5, 0.6) is 0 Å². The number of thioether (sulfide) groups is 1. The van der Waals surface area contributed by atoms with Gasteiger partial charge in [-0.3, -0.25) is 19.2 Å². The third-order valence-electron chi connectivity index (χ3n) is 8.17. The largest absolute Gasteiger partial charge is 0.321 e. The van der Waals surface area contributed by atoms with E-state index in [9.17, 15) is 19.2 Å². The third-order valence-corrected chi connectivity index (χ3v) is 9.42. The molecule has 1 aliphatic rings. The molecule has 0 spiro atoms. The number of benzene rings is 5. The van der Waals surface area contributed by atoms with Gasteiger partial charge in [-0.2, -0.15) is 10.1 Å². The highest BCUT2D eigenvalue weighted by molar-refractivity contribution is 8.00. The Morgan fingerprint density at radius 1 is 0.750 bits per heavy atom. The summed E-state index contributed by atoms with van der Waals surface area (Å²) in [4.78, 5) is 54.2. The standard InChI is InChI=1S/C42H37N5O4S/c1-28(2)30-23-21-29(22-24-30)25-36(44-40(49)32-15-8-4-9-16-32)41(50)43-33-17-12-20-35(26-33)52-39(31-13-6-3-7-14-31)42(51)45-37-27-38(48)47(46-37)34-18-10-5-11-19-34/h3-26,28,39H,27H2,1-2H3,(H,43,50)(H,44,49)(H,45,46,51)/b36-25+. The number of carbonyl (C=O) groups is 4. The Balaban J connectivity index is 1.21. The Labute approximate surface area is 306 Å². The molecule has 1 atom stereocenters. The molecule has 0 fully saturated rings. The van der Waals surface area contributed by atoms with Gasteiger partial charge in [-0.25, -0.2) is 0 Å². The summed E-state index contributed by atoms with van der Waals surface area (Å²) in [5, 5.41) is 13.5. The topological polar surface area (TPSA) is 120 Å². The van der Waals surface area contributed by atoms with Crippen molar-refractivity contribution in [2.24, 2.45) is 5.10 Å². The van der Waals surface area contributed by atoms with Gasteiger partial charge in [-0.1, -0.05) is 111 Å². The van der Waals surface area contributed by atoms with E-state index in [-0.39, 0.29) is 29.8 Å². The number of anilines is 2. The van der Waals surface area contributed by atoms with E-state index >= 15 is 0 Å². The van der Waals surface area contributed by atoms with Crippen LogP contribution in [0, 0.1) is 0 Å². The van der Waals surface area contributed by atoms with Gasteiger partial charge in [0.2, 0.25) is 5.91 Å². The molecule has 0 saturated carbocycles. The van der Waals surface area contributed by atoms with Crippen LogP contribution in [0.2, 0.25) is 0 Å². The zero-order valence-corrected chi connectivity index (χ0v) is 29.5. The number of hydrazone groups is 1. The number of para-hydroxylation sites is 1. The third kappa shape index (κ3) is 9.09. The molecule has 1 unspecified atom stereocenters. The van der Waals surface area contributed by atoms with Gasteiger partial charge in [0.1, 0.15) is 16.8 Å². The van der Waals surface area contributed by atoms with Crippen molar-refractivity contribution in [3.63, 3.8) is 0 Å². The SMILES string of the molecule is CC(C)c1ccc(/C=C(/NC(=O)c2ccccc2)C(=O)Nc2cccc(SC(C(=O)NC3=NN(c4ccccc4)C(=O)C3)c3ccccc3)c2)cc1. The van der Waals surface area contributed by atoms with E-state index in [0.29, 0.717) is 27.8 Å². The van der Waals surface area contributed by atoms with E-state index in [0.717, 1.165) is 16.7 Å². The van der Waals surface area contributed by atoms with E-state index in [2.05, 4.69) is 34.9 Å². The average molecular weight is 708 g/mol. The summed E-state index contributed by atoms with van der Waals surface area (Å²) in [6.45, 7) is 4.22. The molecule has 0 aliphatic carbocycles. The lowest BCUT2D eigenvalue weighted by molar-refractivity contribution is -0.119. The number of amidine groups is 1. The molecular formula is C42H37N5O4S. The average Bonchev–Trinajstić information content (AvgIpc) is 3.54. The Morgan fingerprint density at radius 2 is 1.40 bits per heavy atom. The predicted octanol–water partition coefficient (Wildman–Crippen LogP) is 7.92. The molecule has 5 aromatic carbocycles. The minimum absolute atomic E-state index is 0.0349. The highest BCUT2D eigenvalue weighted by Gasteiger charge is 2.29. The van der Waals surface area contributed by atoms with Crippen molar-refractivity contribution >= 4 is 58.7 Å². The van der Waals surface area contributed by atoms with Gasteiger partial charge in [-0.05, 0) is 71.1 Å². The van der Waals surface area contributed by atoms with Crippen molar-refractivity contribution in [3.05, 3.63) is 167 Å². The number of carbonyl (C=O) groups excluding carboxylic acids is 4. The molecule has 6 rings (SSSR count). The molecule has 4 amide bonds. The molecule has 52 heavy (non-hydrogen) atoms. The fourth-order valence-electron chi connectivity index (χ4n) is 5.45. The maximum Gasteiger partial charge on any atom is 0.272 e. The van der Waals surface area contributed by atoms with Crippen LogP contribution in [0.25, 0.3) is 6.08 Å². The summed E-state index contributed by atoms with van der Waals surface area (Å²) in [7, 11) is 0. The molecule has 3 N–H and O–H groups in total. The summed E-state index contributed by atoms with van der Waals surface area (Å²) < 4.78 is 0. The van der Waals surface area contributed by atoms with Crippen molar-refractivity contribution in [3.8, 4) is 0 Å². The first-order chi connectivity index (χ1) is 25.2. The second-order valence-corrected chi connectivity index (χ2v) is 13.5. The summed E-state index contributed by atoms with van der Waals surface area (Å²) in [6, 6.07) is 42.0. The minimum atomic E-state index is -0.704. The van der Waals surface area contributed by atoms with Crippen molar-refractivity contribution in [2.45, 2.75) is 36.3 Å². The smallest absolute Gasteiger partial charge is 0.272 e. The Bertz CT molecular complexity index is 2120. The van der Waals surface area contributed by atoms with E-state index in [1.807, 2.05) is 84.9 Å². The second-order valence-electron chi connectivity index (χ2n) is 12.3. The van der Waals surface area contributed by atoms with E-state index in [1.54, 1.807) is 60.7 Å². The molecule has 5 aromatic rings. The van der Waals surface area contributed by atoms with Gasteiger partial charge < -0.3 is 16.0 Å². The number of nitrogens with one attached hydrogen (secondary N) is 3. The summed E-state index contributed by atoms with van der Waals surface area (Å²) in [5.74, 6) is -0.899.